The topological polar surface area (TPSA) is 123 Å². The van der Waals surface area contributed by atoms with E-state index in [1.165, 1.54) is 35.4 Å². The van der Waals surface area contributed by atoms with Crippen molar-refractivity contribution in [2.45, 2.75) is 12.6 Å². The van der Waals surface area contributed by atoms with Gasteiger partial charge in [0.05, 0.1) is 23.6 Å². The zero-order chi connectivity index (χ0) is 23.5. The maximum Gasteiger partial charge on any atom is 0.295 e. The Labute approximate surface area is 188 Å². The number of Topliss-reactive ketones (excluding diaryl/α,β-unsaturated/α-hetero) is 1. The molecule has 1 N–H and O–H groups in total. The second-order valence-corrected chi connectivity index (χ2v) is 7.37. The summed E-state index contributed by atoms with van der Waals surface area (Å²) < 4.78 is 5.16. The van der Waals surface area contributed by atoms with Crippen LogP contribution in [0.5, 0.6) is 5.75 Å². The van der Waals surface area contributed by atoms with E-state index in [0.29, 0.717) is 11.3 Å². The number of non-ortho nitro benzene ring substituents is 1. The third-order valence-electron chi connectivity index (χ3n) is 5.40. The Bertz CT molecular complexity index is 1240. The van der Waals surface area contributed by atoms with Gasteiger partial charge in [0.1, 0.15) is 11.5 Å². The number of nitro groups is 1. The number of aliphatic hydroxyl groups is 1. The Hall–Kier alpha value is -4.53. The molecule has 1 aliphatic heterocycles. The number of ether oxygens (including phenoxy) is 1. The molecule has 1 aliphatic rings. The highest BCUT2D eigenvalue weighted by atomic mass is 16.6. The minimum Gasteiger partial charge on any atom is -0.507 e. The van der Waals surface area contributed by atoms with Crippen LogP contribution in [0, 0.1) is 10.1 Å². The number of nitrogens with zero attached hydrogens (tertiary/aromatic N) is 3. The van der Waals surface area contributed by atoms with Crippen molar-refractivity contribution in [2.24, 2.45) is 0 Å². The largest absolute Gasteiger partial charge is 0.507 e. The SMILES string of the molecule is COc1ccc(CN2C(=O)C(=O)/C(=C(\O)c3ccc([N+](=O)[O-])cc3)C2c2cccnc2)cc1. The lowest BCUT2D eigenvalue weighted by Crippen LogP contribution is -2.29. The lowest BCUT2D eigenvalue weighted by molar-refractivity contribution is -0.384. The molecule has 166 valence electrons. The van der Waals surface area contributed by atoms with Crippen molar-refractivity contribution in [2.75, 3.05) is 7.11 Å². The van der Waals surface area contributed by atoms with Crippen LogP contribution in [-0.2, 0) is 16.1 Å². The van der Waals surface area contributed by atoms with Gasteiger partial charge in [0.15, 0.2) is 0 Å². The molecular weight excluding hydrogens is 426 g/mol. The van der Waals surface area contributed by atoms with Gasteiger partial charge in [-0.3, -0.25) is 24.7 Å². The number of rotatable bonds is 6. The number of likely N-dealkylation sites (tertiary alicyclic amines) is 1. The minimum absolute atomic E-state index is 0.102. The van der Waals surface area contributed by atoms with Gasteiger partial charge >= 0.3 is 0 Å². The van der Waals surface area contributed by atoms with E-state index in [9.17, 15) is 24.8 Å². The Morgan fingerprint density at radius 2 is 1.82 bits per heavy atom. The van der Waals surface area contributed by atoms with Gasteiger partial charge in [0.25, 0.3) is 17.4 Å². The lowest BCUT2D eigenvalue weighted by atomic mass is 9.96. The normalized spacial score (nSPS) is 17.2. The molecule has 0 radical (unpaired) electrons. The van der Waals surface area contributed by atoms with Gasteiger partial charge in [-0.05, 0) is 41.5 Å². The molecule has 1 saturated heterocycles. The summed E-state index contributed by atoms with van der Waals surface area (Å²) in [5, 5.41) is 21.9. The van der Waals surface area contributed by atoms with Crippen LogP contribution >= 0.6 is 0 Å². The predicted molar refractivity (Wildman–Crippen MR) is 118 cm³/mol. The van der Waals surface area contributed by atoms with E-state index in [1.54, 1.807) is 49.7 Å². The van der Waals surface area contributed by atoms with E-state index in [-0.39, 0.29) is 23.4 Å². The number of ketones is 1. The fraction of sp³-hybridized carbons (Fsp3) is 0.125. The highest BCUT2D eigenvalue weighted by molar-refractivity contribution is 6.46. The first-order valence-electron chi connectivity index (χ1n) is 9.97. The molecule has 9 heteroatoms. The van der Waals surface area contributed by atoms with Crippen LogP contribution in [0.1, 0.15) is 22.7 Å². The summed E-state index contributed by atoms with van der Waals surface area (Å²) >= 11 is 0. The van der Waals surface area contributed by atoms with Gasteiger partial charge in [0, 0.05) is 36.6 Å². The van der Waals surface area contributed by atoms with Crippen LogP contribution in [-0.4, -0.2) is 38.7 Å². The second-order valence-electron chi connectivity index (χ2n) is 7.37. The Morgan fingerprint density at radius 1 is 1.12 bits per heavy atom. The Kier molecular flexibility index (Phi) is 5.86. The van der Waals surface area contributed by atoms with Gasteiger partial charge in [-0.15, -0.1) is 0 Å². The number of carbonyl (C=O) groups excluding carboxylic acids is 2. The van der Waals surface area contributed by atoms with Gasteiger partial charge in [0.2, 0.25) is 0 Å². The maximum atomic E-state index is 13.0. The minimum atomic E-state index is -0.879. The molecule has 0 aliphatic carbocycles. The van der Waals surface area contributed by atoms with Gasteiger partial charge in [-0.2, -0.15) is 0 Å². The average Bonchev–Trinajstić information content (AvgIpc) is 3.09. The maximum absolute atomic E-state index is 13.0. The van der Waals surface area contributed by atoms with Gasteiger partial charge in [-0.25, -0.2) is 0 Å². The summed E-state index contributed by atoms with van der Waals surface area (Å²) in [5.74, 6) is -1.35. The van der Waals surface area contributed by atoms with E-state index in [1.807, 2.05) is 0 Å². The molecule has 0 spiro atoms. The smallest absolute Gasteiger partial charge is 0.295 e. The predicted octanol–water partition coefficient (Wildman–Crippen LogP) is 3.62. The standard InChI is InChI=1S/C24H19N3O6/c1-33-19-10-4-15(5-11-19)14-26-21(17-3-2-12-25-13-17)20(23(29)24(26)30)22(28)16-6-8-18(9-7-16)27(31)32/h2-13,21,28H,14H2,1H3/b22-20-. The van der Waals surface area contributed by atoms with Crippen molar-refractivity contribution in [3.8, 4) is 5.75 Å². The zero-order valence-electron chi connectivity index (χ0n) is 17.5. The molecule has 4 rings (SSSR count). The van der Waals surface area contributed by atoms with Crippen molar-refractivity contribution in [1.29, 1.82) is 0 Å². The number of aliphatic hydroxyl groups excluding tert-OH is 1. The molecule has 1 atom stereocenters. The van der Waals surface area contributed by atoms with Gasteiger partial charge in [-0.1, -0.05) is 18.2 Å². The van der Waals surface area contributed by atoms with E-state index < -0.39 is 28.4 Å². The molecule has 1 amide bonds. The molecule has 2 heterocycles. The van der Waals surface area contributed by atoms with Crippen LogP contribution in [0.3, 0.4) is 0 Å². The molecule has 0 bridgehead atoms. The number of carbonyl (C=O) groups is 2. The molecule has 2 aromatic carbocycles. The number of hydrogen-bond acceptors (Lipinski definition) is 7. The summed E-state index contributed by atoms with van der Waals surface area (Å²) in [7, 11) is 1.55. The third-order valence-corrected chi connectivity index (χ3v) is 5.40. The number of hydrogen-bond donors (Lipinski definition) is 1. The van der Waals surface area contributed by atoms with Crippen LogP contribution in [0.4, 0.5) is 5.69 Å². The van der Waals surface area contributed by atoms with Crippen molar-refractivity contribution in [1.82, 2.24) is 9.88 Å². The molecule has 33 heavy (non-hydrogen) atoms. The van der Waals surface area contributed by atoms with Crippen molar-refractivity contribution in [3.63, 3.8) is 0 Å². The molecule has 9 nitrogen and oxygen atoms in total. The highest BCUT2D eigenvalue weighted by Crippen LogP contribution is 2.40. The zero-order valence-corrected chi connectivity index (χ0v) is 17.5. The monoisotopic (exact) mass is 445 g/mol. The first-order chi connectivity index (χ1) is 15.9. The summed E-state index contributed by atoms with van der Waals surface area (Å²) in [6, 6.07) is 14.7. The van der Waals surface area contributed by atoms with Crippen molar-refractivity contribution < 1.29 is 24.4 Å². The molecule has 1 fully saturated rings. The van der Waals surface area contributed by atoms with E-state index >= 15 is 0 Å². The summed E-state index contributed by atoms with van der Waals surface area (Å²) in [6.07, 6.45) is 3.09. The molecule has 1 unspecified atom stereocenters. The lowest BCUT2D eigenvalue weighted by Gasteiger charge is -2.25. The van der Waals surface area contributed by atoms with E-state index in [4.69, 9.17) is 4.74 Å². The van der Waals surface area contributed by atoms with Crippen LogP contribution < -0.4 is 4.74 Å². The van der Waals surface area contributed by atoms with Crippen LogP contribution in [0.2, 0.25) is 0 Å². The Morgan fingerprint density at radius 3 is 2.39 bits per heavy atom. The van der Waals surface area contributed by atoms with Crippen LogP contribution in [0.25, 0.3) is 5.76 Å². The molecular formula is C24H19N3O6. The number of aromatic nitrogens is 1. The number of amides is 1. The fourth-order valence-corrected chi connectivity index (χ4v) is 3.75. The molecule has 3 aromatic rings. The first kappa shape index (κ1) is 21.7. The van der Waals surface area contributed by atoms with E-state index in [2.05, 4.69) is 4.98 Å². The van der Waals surface area contributed by atoms with Gasteiger partial charge < -0.3 is 14.7 Å². The summed E-state index contributed by atoms with van der Waals surface area (Å²) in [5.41, 5.74) is 1.25. The summed E-state index contributed by atoms with van der Waals surface area (Å²) in [4.78, 5) is 41.9. The number of nitro benzene ring substituents is 1. The number of benzene rings is 2. The third kappa shape index (κ3) is 4.16. The Balaban J connectivity index is 1.79. The van der Waals surface area contributed by atoms with Crippen molar-refractivity contribution >= 4 is 23.1 Å². The summed E-state index contributed by atoms with van der Waals surface area (Å²) in [6.45, 7) is 0.116. The van der Waals surface area contributed by atoms with Crippen LogP contribution in [0.15, 0.2) is 78.6 Å². The quantitative estimate of drug-likeness (QED) is 0.202. The second kappa shape index (κ2) is 8.91. The number of methoxy groups -OCH3 is 1. The average molecular weight is 445 g/mol. The fourth-order valence-electron chi connectivity index (χ4n) is 3.75. The van der Waals surface area contributed by atoms with E-state index in [0.717, 1.165) is 5.56 Å². The number of pyridine rings is 1. The molecule has 0 saturated carbocycles. The van der Waals surface area contributed by atoms with Crippen molar-refractivity contribution in [3.05, 3.63) is 105 Å². The highest BCUT2D eigenvalue weighted by Gasteiger charge is 2.46. The first-order valence-corrected chi connectivity index (χ1v) is 9.97. The molecule has 1 aromatic heterocycles.